The molecular formula is C34H27N3OS. The predicted octanol–water partition coefficient (Wildman–Crippen LogP) is 8.88. The number of amidine groups is 1. The van der Waals surface area contributed by atoms with Crippen LogP contribution in [0, 0.1) is 5.92 Å². The molecule has 2 heterocycles. The van der Waals surface area contributed by atoms with Crippen LogP contribution in [0.15, 0.2) is 148 Å². The topological polar surface area (TPSA) is 36.9 Å². The smallest absolute Gasteiger partial charge is 0.145 e. The van der Waals surface area contributed by atoms with Crippen LogP contribution in [0.5, 0.6) is 5.75 Å². The van der Waals surface area contributed by atoms with Crippen LogP contribution in [0.3, 0.4) is 0 Å². The van der Waals surface area contributed by atoms with E-state index < -0.39 is 0 Å². The summed E-state index contributed by atoms with van der Waals surface area (Å²) in [6.07, 6.45) is -0.251. The molecule has 2 unspecified atom stereocenters. The van der Waals surface area contributed by atoms with Crippen LogP contribution in [0.25, 0.3) is 0 Å². The van der Waals surface area contributed by atoms with E-state index >= 15 is 0 Å². The summed E-state index contributed by atoms with van der Waals surface area (Å²) in [4.78, 5) is 10.2. The third kappa shape index (κ3) is 4.55. The SMILES string of the molecule is c1ccc(NCC2C(N3c4ccccc4Sc4ccccc43)=Nc3ccccc3OC2c2ccccc2)cc1. The van der Waals surface area contributed by atoms with E-state index in [0.717, 1.165) is 39.9 Å². The number of rotatable bonds is 4. The maximum atomic E-state index is 6.85. The minimum Gasteiger partial charge on any atom is -0.483 e. The molecule has 0 saturated heterocycles. The highest BCUT2D eigenvalue weighted by molar-refractivity contribution is 7.99. The first-order valence-corrected chi connectivity index (χ1v) is 14.0. The van der Waals surface area contributed by atoms with E-state index in [1.165, 1.54) is 9.79 Å². The van der Waals surface area contributed by atoms with Crippen LogP contribution in [0.4, 0.5) is 22.7 Å². The molecule has 5 aromatic rings. The summed E-state index contributed by atoms with van der Waals surface area (Å²) in [7, 11) is 0. The summed E-state index contributed by atoms with van der Waals surface area (Å²) in [5.41, 5.74) is 5.30. The monoisotopic (exact) mass is 525 g/mol. The fourth-order valence-electron chi connectivity index (χ4n) is 5.30. The van der Waals surface area contributed by atoms with E-state index in [1.54, 1.807) is 11.8 Å². The van der Waals surface area contributed by atoms with Crippen LogP contribution in [0.1, 0.15) is 11.7 Å². The van der Waals surface area contributed by atoms with E-state index in [4.69, 9.17) is 9.73 Å². The average Bonchev–Trinajstić information content (AvgIpc) is 3.16. The van der Waals surface area contributed by atoms with Crippen molar-refractivity contribution in [2.75, 3.05) is 16.8 Å². The number of hydrogen-bond acceptors (Lipinski definition) is 5. The van der Waals surface area contributed by atoms with Gasteiger partial charge in [0.2, 0.25) is 0 Å². The Morgan fingerprint density at radius 3 is 1.97 bits per heavy atom. The zero-order valence-electron chi connectivity index (χ0n) is 21.3. The molecule has 39 heavy (non-hydrogen) atoms. The lowest BCUT2D eigenvalue weighted by Gasteiger charge is -2.38. The minimum atomic E-state index is -0.251. The van der Waals surface area contributed by atoms with Gasteiger partial charge in [-0.2, -0.15) is 0 Å². The Hall–Kier alpha value is -4.48. The average molecular weight is 526 g/mol. The van der Waals surface area contributed by atoms with Crippen molar-refractivity contribution in [3.05, 3.63) is 139 Å². The molecule has 2 atom stereocenters. The maximum absolute atomic E-state index is 6.85. The number of nitrogens with zero attached hydrogens (tertiary/aromatic N) is 2. The molecule has 2 aliphatic heterocycles. The van der Waals surface area contributed by atoms with Crippen molar-refractivity contribution in [3.8, 4) is 5.75 Å². The number of hydrogen-bond donors (Lipinski definition) is 1. The lowest BCUT2D eigenvalue weighted by atomic mass is 9.92. The molecule has 7 rings (SSSR count). The third-order valence-electron chi connectivity index (χ3n) is 7.14. The van der Waals surface area contributed by atoms with Crippen LogP contribution < -0.4 is 15.0 Å². The molecule has 0 bridgehead atoms. The lowest BCUT2D eigenvalue weighted by molar-refractivity contribution is 0.175. The normalized spacial score (nSPS) is 17.5. The number of fused-ring (bicyclic) bond motifs is 3. The number of ether oxygens (including phenoxy) is 1. The molecule has 0 aromatic heterocycles. The van der Waals surface area contributed by atoms with Crippen molar-refractivity contribution in [1.29, 1.82) is 0 Å². The highest BCUT2D eigenvalue weighted by Crippen LogP contribution is 2.50. The second kappa shape index (κ2) is 10.4. The van der Waals surface area contributed by atoms with Crippen molar-refractivity contribution in [3.63, 3.8) is 0 Å². The first kappa shape index (κ1) is 23.6. The van der Waals surface area contributed by atoms with Gasteiger partial charge in [-0.1, -0.05) is 96.7 Å². The van der Waals surface area contributed by atoms with Crippen molar-refractivity contribution in [2.45, 2.75) is 15.9 Å². The van der Waals surface area contributed by atoms with Gasteiger partial charge in [-0.15, -0.1) is 0 Å². The number of benzene rings is 5. The zero-order valence-corrected chi connectivity index (χ0v) is 22.1. The fraction of sp³-hybridized carbons (Fsp3) is 0.0882. The lowest BCUT2D eigenvalue weighted by Crippen LogP contribution is -2.41. The molecule has 0 amide bonds. The predicted molar refractivity (Wildman–Crippen MR) is 161 cm³/mol. The molecule has 0 aliphatic carbocycles. The largest absolute Gasteiger partial charge is 0.483 e. The summed E-state index contributed by atoms with van der Waals surface area (Å²) in [6, 6.07) is 46.1. The third-order valence-corrected chi connectivity index (χ3v) is 8.27. The molecule has 0 fully saturated rings. The highest BCUT2D eigenvalue weighted by Gasteiger charge is 2.39. The van der Waals surface area contributed by atoms with Crippen molar-refractivity contribution < 1.29 is 4.74 Å². The van der Waals surface area contributed by atoms with Crippen molar-refractivity contribution in [2.24, 2.45) is 10.9 Å². The summed E-state index contributed by atoms with van der Waals surface area (Å²) in [5.74, 6) is 1.64. The molecule has 1 N–H and O–H groups in total. The number of para-hydroxylation sites is 5. The molecule has 5 heteroatoms. The first-order valence-electron chi connectivity index (χ1n) is 13.2. The van der Waals surface area contributed by atoms with E-state index in [2.05, 4.69) is 113 Å². The van der Waals surface area contributed by atoms with Gasteiger partial charge >= 0.3 is 0 Å². The first-order chi connectivity index (χ1) is 19.3. The van der Waals surface area contributed by atoms with Gasteiger partial charge in [0.05, 0.1) is 17.3 Å². The van der Waals surface area contributed by atoms with E-state index in [0.29, 0.717) is 6.54 Å². The Labute approximate surface area is 233 Å². The molecule has 5 aromatic carbocycles. The quantitative estimate of drug-likeness (QED) is 0.254. The maximum Gasteiger partial charge on any atom is 0.145 e. The summed E-state index contributed by atoms with van der Waals surface area (Å²) >= 11 is 1.81. The minimum absolute atomic E-state index is 0.107. The molecule has 0 spiro atoms. The Bertz CT molecular complexity index is 1590. The summed E-state index contributed by atoms with van der Waals surface area (Å²) in [6.45, 7) is 0.643. The van der Waals surface area contributed by atoms with Gasteiger partial charge in [-0.3, -0.25) is 4.90 Å². The Morgan fingerprint density at radius 2 is 1.26 bits per heavy atom. The van der Waals surface area contributed by atoms with Gasteiger partial charge in [0.1, 0.15) is 23.4 Å². The summed E-state index contributed by atoms with van der Waals surface area (Å²) < 4.78 is 6.85. The fourth-order valence-corrected chi connectivity index (χ4v) is 6.36. The van der Waals surface area contributed by atoms with E-state index in [1.807, 2.05) is 30.3 Å². The number of anilines is 3. The number of nitrogens with one attached hydrogen (secondary N) is 1. The Kier molecular flexibility index (Phi) is 6.27. The molecule has 2 aliphatic rings. The highest BCUT2D eigenvalue weighted by atomic mass is 32.2. The molecule has 190 valence electrons. The molecular weight excluding hydrogens is 498 g/mol. The van der Waals surface area contributed by atoms with Crippen molar-refractivity contribution in [1.82, 2.24) is 0 Å². The molecule has 0 radical (unpaired) electrons. The zero-order chi connectivity index (χ0) is 26.0. The van der Waals surface area contributed by atoms with E-state index in [9.17, 15) is 0 Å². The molecule has 4 nitrogen and oxygen atoms in total. The standard InChI is InChI=1S/C34H27N3OS/c1-3-13-24(14-4-1)33-26(23-35-25-15-5-2-6-16-25)34(36-27-17-7-10-20-30(27)38-33)37-28-18-8-11-21-31(28)39-32-22-12-9-19-29(32)37/h1-22,26,33,35H,23H2. The van der Waals surface area contributed by atoms with Gasteiger partial charge in [0.15, 0.2) is 0 Å². The Morgan fingerprint density at radius 1 is 0.667 bits per heavy atom. The second-order valence-electron chi connectivity index (χ2n) is 9.61. The van der Waals surface area contributed by atoms with Gasteiger partial charge in [-0.05, 0) is 54.1 Å². The van der Waals surface area contributed by atoms with Gasteiger partial charge in [-0.25, -0.2) is 4.99 Å². The van der Waals surface area contributed by atoms with Crippen LogP contribution in [0.2, 0.25) is 0 Å². The Balaban J connectivity index is 1.44. The van der Waals surface area contributed by atoms with Gasteiger partial charge in [0, 0.05) is 22.0 Å². The van der Waals surface area contributed by atoms with Crippen LogP contribution >= 0.6 is 11.8 Å². The van der Waals surface area contributed by atoms with Gasteiger partial charge < -0.3 is 10.1 Å². The van der Waals surface area contributed by atoms with Crippen LogP contribution in [-0.4, -0.2) is 12.4 Å². The van der Waals surface area contributed by atoms with Crippen molar-refractivity contribution >= 4 is 40.3 Å². The second-order valence-corrected chi connectivity index (χ2v) is 10.7. The van der Waals surface area contributed by atoms with E-state index in [-0.39, 0.29) is 12.0 Å². The molecule has 0 saturated carbocycles. The van der Waals surface area contributed by atoms with Gasteiger partial charge in [0.25, 0.3) is 0 Å². The summed E-state index contributed by atoms with van der Waals surface area (Å²) in [5, 5.41) is 3.69. The van der Waals surface area contributed by atoms with Crippen LogP contribution in [-0.2, 0) is 0 Å². The number of aliphatic imine (C=N–C) groups is 1.